The molecule has 0 saturated carbocycles. The molecule has 1 heterocycles. The molecule has 0 fully saturated rings. The lowest BCUT2D eigenvalue weighted by molar-refractivity contribution is 0.415. The Morgan fingerprint density at radius 3 is 2.21 bits per heavy atom. The molecular formula is C10H18N2OSi. The third-order valence-corrected chi connectivity index (χ3v) is 3.79. The molecule has 1 rings (SSSR count). The molecule has 0 N–H and O–H groups in total. The van der Waals surface area contributed by atoms with Crippen LogP contribution in [0.15, 0.2) is 37.6 Å². The van der Waals surface area contributed by atoms with Gasteiger partial charge in [-0.15, -0.1) is 6.58 Å². The fourth-order valence-electron chi connectivity index (χ4n) is 0.461. The first kappa shape index (κ1) is 12.9. The van der Waals surface area contributed by atoms with Crippen LogP contribution in [0.3, 0.4) is 0 Å². The van der Waals surface area contributed by atoms with Crippen molar-refractivity contribution in [3.05, 3.63) is 37.6 Å². The van der Waals surface area contributed by atoms with Crippen LogP contribution in [-0.4, -0.2) is 25.0 Å². The Morgan fingerprint density at radius 1 is 1.43 bits per heavy atom. The molecule has 0 aliphatic carbocycles. The Hall–Kier alpha value is -1.13. The normalized spacial score (nSPS) is 9.93. The largest absolute Gasteiger partial charge is 0.417 e. The van der Waals surface area contributed by atoms with Gasteiger partial charge in [0.2, 0.25) is 8.32 Å². The first-order chi connectivity index (χ1) is 6.55. The van der Waals surface area contributed by atoms with Gasteiger partial charge in [-0.2, -0.15) is 0 Å². The summed E-state index contributed by atoms with van der Waals surface area (Å²) in [5.74, 6) is 0. The van der Waals surface area contributed by atoms with E-state index in [9.17, 15) is 0 Å². The van der Waals surface area contributed by atoms with Crippen LogP contribution in [0.1, 0.15) is 0 Å². The van der Waals surface area contributed by atoms with Gasteiger partial charge in [0, 0.05) is 25.7 Å². The summed E-state index contributed by atoms with van der Waals surface area (Å²) in [5.41, 5.74) is 1.91. The molecule has 0 unspecified atom stereocenters. The highest BCUT2D eigenvalue weighted by molar-refractivity contribution is 6.76. The zero-order chi connectivity index (χ0) is 11.0. The molecule has 0 aromatic carbocycles. The zero-order valence-corrected chi connectivity index (χ0v) is 10.1. The topological polar surface area (TPSA) is 27.1 Å². The maximum Gasteiger partial charge on any atom is 0.209 e. The second-order valence-corrected chi connectivity index (χ2v) is 7.23. The first-order valence-corrected chi connectivity index (χ1v) is 7.33. The lowest BCUT2D eigenvalue weighted by atomic mass is 10.9. The van der Waals surface area contributed by atoms with Crippen LogP contribution in [0.2, 0.25) is 13.1 Å². The minimum absolute atomic E-state index is 1.39. The van der Waals surface area contributed by atoms with Gasteiger partial charge in [-0.25, -0.2) is 4.98 Å². The summed E-state index contributed by atoms with van der Waals surface area (Å²) < 4.78 is 6.89. The third-order valence-electron chi connectivity index (χ3n) is 1.75. The number of hydrogen-bond acceptors (Lipinski definition) is 2. The van der Waals surface area contributed by atoms with Crippen molar-refractivity contribution in [3.63, 3.8) is 0 Å². The van der Waals surface area contributed by atoms with E-state index >= 15 is 0 Å². The van der Waals surface area contributed by atoms with Gasteiger partial charge >= 0.3 is 0 Å². The number of imidazole rings is 1. The van der Waals surface area contributed by atoms with Crippen LogP contribution >= 0.6 is 0 Å². The fourth-order valence-corrected chi connectivity index (χ4v) is 0.627. The average molecular weight is 210 g/mol. The van der Waals surface area contributed by atoms with E-state index in [0.29, 0.717) is 0 Å². The minimum Gasteiger partial charge on any atom is -0.417 e. The maximum absolute atomic E-state index is 5.11. The molecule has 0 amide bonds. The van der Waals surface area contributed by atoms with Gasteiger partial charge in [0.1, 0.15) is 0 Å². The van der Waals surface area contributed by atoms with Gasteiger partial charge in [-0.1, -0.05) is 12.3 Å². The molecule has 78 valence electrons. The Bertz CT molecular complexity index is 268. The standard InChI is InChI=1S/C5H6N2.C5H12OSi/c1-2-7-4-3-6-5-7;1-5-7(3,4)6-2/h2-5H,1H2;5H,1H2,2-4H3. The van der Waals surface area contributed by atoms with E-state index in [1.54, 1.807) is 30.4 Å². The minimum atomic E-state index is -1.39. The predicted molar refractivity (Wildman–Crippen MR) is 63.3 cm³/mol. The van der Waals surface area contributed by atoms with Crippen molar-refractivity contribution in [1.82, 2.24) is 9.55 Å². The van der Waals surface area contributed by atoms with Crippen molar-refractivity contribution < 1.29 is 4.43 Å². The quantitative estimate of drug-likeness (QED) is 0.717. The lowest BCUT2D eigenvalue weighted by Crippen LogP contribution is -2.24. The molecular weight excluding hydrogens is 192 g/mol. The SMILES string of the molecule is C=C[Si](C)(C)OC.C=Cn1ccnc1. The lowest BCUT2D eigenvalue weighted by Gasteiger charge is -2.12. The molecule has 14 heavy (non-hydrogen) atoms. The summed E-state index contributed by atoms with van der Waals surface area (Å²) in [5, 5.41) is 0. The first-order valence-electron chi connectivity index (χ1n) is 4.34. The Balaban J connectivity index is 0.000000241. The van der Waals surface area contributed by atoms with Gasteiger partial charge < -0.3 is 8.99 Å². The molecule has 0 radical (unpaired) electrons. The molecule has 0 atom stereocenters. The van der Waals surface area contributed by atoms with Crippen LogP contribution in [0.25, 0.3) is 6.20 Å². The fraction of sp³-hybridized carbons (Fsp3) is 0.300. The number of rotatable bonds is 3. The number of nitrogens with zero attached hydrogens (tertiary/aromatic N) is 2. The molecule has 1 aromatic rings. The van der Waals surface area contributed by atoms with E-state index in [4.69, 9.17) is 4.43 Å². The van der Waals surface area contributed by atoms with E-state index in [1.165, 1.54) is 0 Å². The highest BCUT2D eigenvalue weighted by atomic mass is 28.4. The smallest absolute Gasteiger partial charge is 0.209 e. The highest BCUT2D eigenvalue weighted by Crippen LogP contribution is 2.00. The van der Waals surface area contributed by atoms with Gasteiger partial charge in [0.05, 0.1) is 6.33 Å². The van der Waals surface area contributed by atoms with Gasteiger partial charge in [0.25, 0.3) is 0 Å². The van der Waals surface area contributed by atoms with Crippen LogP contribution in [0.4, 0.5) is 0 Å². The van der Waals surface area contributed by atoms with Crippen molar-refractivity contribution >= 4 is 14.5 Å². The van der Waals surface area contributed by atoms with E-state index in [0.717, 1.165) is 0 Å². The second kappa shape index (κ2) is 6.34. The van der Waals surface area contributed by atoms with Crippen molar-refractivity contribution in [2.24, 2.45) is 0 Å². The molecule has 0 aliphatic rings. The van der Waals surface area contributed by atoms with Crippen LogP contribution in [0.5, 0.6) is 0 Å². The van der Waals surface area contributed by atoms with Crippen molar-refractivity contribution in [1.29, 1.82) is 0 Å². The van der Waals surface area contributed by atoms with Crippen LogP contribution in [0, 0.1) is 0 Å². The molecule has 0 spiro atoms. The van der Waals surface area contributed by atoms with E-state index in [-0.39, 0.29) is 0 Å². The average Bonchev–Trinajstić information content (AvgIpc) is 2.71. The highest BCUT2D eigenvalue weighted by Gasteiger charge is 2.13. The van der Waals surface area contributed by atoms with Crippen molar-refractivity contribution in [2.75, 3.05) is 7.11 Å². The Kier molecular flexibility index (Phi) is 5.83. The molecule has 3 nitrogen and oxygen atoms in total. The summed E-state index contributed by atoms with van der Waals surface area (Å²) in [4.78, 5) is 3.78. The Morgan fingerprint density at radius 2 is 2.07 bits per heavy atom. The third kappa shape index (κ3) is 5.50. The zero-order valence-electron chi connectivity index (χ0n) is 9.10. The van der Waals surface area contributed by atoms with E-state index < -0.39 is 8.32 Å². The second-order valence-electron chi connectivity index (χ2n) is 3.20. The van der Waals surface area contributed by atoms with E-state index in [1.807, 2.05) is 11.9 Å². The molecule has 4 heteroatoms. The maximum atomic E-state index is 5.11. The van der Waals surface area contributed by atoms with E-state index in [2.05, 4.69) is 31.2 Å². The summed E-state index contributed by atoms with van der Waals surface area (Å²) in [6, 6.07) is 0. The molecule has 0 saturated heterocycles. The number of aromatic nitrogens is 2. The van der Waals surface area contributed by atoms with Crippen LogP contribution in [-0.2, 0) is 4.43 Å². The predicted octanol–water partition coefficient (Wildman–Crippen LogP) is 2.55. The summed E-state index contributed by atoms with van der Waals surface area (Å²) >= 11 is 0. The summed E-state index contributed by atoms with van der Waals surface area (Å²) in [7, 11) is 0.343. The monoisotopic (exact) mass is 210 g/mol. The van der Waals surface area contributed by atoms with Gasteiger partial charge in [-0.05, 0) is 13.1 Å². The van der Waals surface area contributed by atoms with Crippen molar-refractivity contribution in [3.8, 4) is 0 Å². The molecule has 0 bridgehead atoms. The Labute approximate surface area is 86.9 Å². The number of hydrogen-bond donors (Lipinski definition) is 0. The van der Waals surface area contributed by atoms with Gasteiger partial charge in [-0.3, -0.25) is 0 Å². The molecule has 0 aliphatic heterocycles. The summed E-state index contributed by atoms with van der Waals surface area (Å²) in [6.07, 6.45) is 6.91. The van der Waals surface area contributed by atoms with Crippen molar-refractivity contribution in [2.45, 2.75) is 13.1 Å². The summed E-state index contributed by atoms with van der Waals surface area (Å²) in [6.45, 7) is 11.4. The van der Waals surface area contributed by atoms with Crippen LogP contribution < -0.4 is 0 Å². The molecule has 1 aromatic heterocycles. The van der Waals surface area contributed by atoms with Gasteiger partial charge in [0.15, 0.2) is 0 Å².